The summed E-state index contributed by atoms with van der Waals surface area (Å²) in [5.74, 6) is 2.34. The number of hydrogen-bond donors (Lipinski definition) is 2. The van der Waals surface area contributed by atoms with Crippen LogP contribution in [-0.2, 0) is 32.9 Å². The van der Waals surface area contributed by atoms with Crippen LogP contribution in [0.15, 0.2) is 91.0 Å². The number of aromatic nitrogens is 1. The van der Waals surface area contributed by atoms with E-state index < -0.39 is 12.8 Å². The summed E-state index contributed by atoms with van der Waals surface area (Å²) in [6, 6.07) is 33.2. The number of unbranched alkanes of at least 4 members (excludes halogenated alkanes) is 26. The first-order valence-electron chi connectivity index (χ1n) is 38.9. The van der Waals surface area contributed by atoms with Crippen LogP contribution >= 0.6 is 7.21 Å². The molecule has 2 heterocycles. The first kappa shape index (κ1) is 83.4. The first-order chi connectivity index (χ1) is 47.3. The Morgan fingerprint density at radius 3 is 1.24 bits per heavy atom. The predicted octanol–water partition coefficient (Wildman–Crippen LogP) is 19.1. The minimum absolute atomic E-state index is 0.0717. The Morgan fingerprint density at radius 2 is 0.856 bits per heavy atom. The number of ether oxygens (including phenoxy) is 6. The quantitative estimate of drug-likeness (QED) is 0.0246. The van der Waals surface area contributed by atoms with Gasteiger partial charge < -0.3 is 18.9 Å². The Hall–Kier alpha value is -4.23. The van der Waals surface area contributed by atoms with Crippen molar-refractivity contribution in [1.82, 2.24) is 24.4 Å². The Balaban J connectivity index is 1.37. The molecule has 2 bridgehead atoms. The fourth-order valence-electron chi connectivity index (χ4n) is 14.6. The van der Waals surface area contributed by atoms with E-state index in [2.05, 4.69) is 95.3 Å². The fraction of sp³-hybridized carbons (Fsp3) is 0.707. The Labute approximate surface area is 591 Å². The molecule has 0 atom stereocenters. The standard InChI is InChI=1S/C82H137N6O8P/c1-9-11-13-15-17-19-21-23-25-27-29-31-33-38-53-86-58-62-93-60-56-85(55-41-67-97(89,90,66-40-52-83)88(72(3)4)73(5)6)57-61-94-63-59-87(54-39-34-32-30-28-26-24-22-20-18-16-14-12-10-2)71-78-69-81(68-77(70-86)84-78)95-64-65-96-82(74-42-36-35-37-43-74,75-44-48-79(91-7)49-45-75)76-46-50-80(92-8)51-47-76/h35-37,42-51,68-69,72-73,89-90H,9-34,38-41,53-67,70-71H2,1-8H3. The van der Waals surface area contributed by atoms with E-state index in [1.54, 1.807) is 14.2 Å². The number of hydrogen-bond acceptors (Lipinski definition) is 14. The van der Waals surface area contributed by atoms with Gasteiger partial charge in [-0.1, -0.05) is 235 Å². The second-order valence-electron chi connectivity index (χ2n) is 28.4. The van der Waals surface area contributed by atoms with E-state index in [9.17, 15) is 15.0 Å². The third-order valence-electron chi connectivity index (χ3n) is 19.7. The van der Waals surface area contributed by atoms with Gasteiger partial charge in [-0.05, 0) is 41.0 Å². The van der Waals surface area contributed by atoms with Gasteiger partial charge in [0.05, 0.1) is 20.8 Å². The van der Waals surface area contributed by atoms with Crippen LogP contribution < -0.4 is 14.2 Å². The number of rotatable bonds is 49. The van der Waals surface area contributed by atoms with E-state index in [4.69, 9.17) is 33.4 Å². The molecule has 0 amide bonds. The summed E-state index contributed by atoms with van der Waals surface area (Å²) in [6.07, 6.45) is 38.1. The van der Waals surface area contributed by atoms with Crippen molar-refractivity contribution >= 4 is 7.21 Å². The van der Waals surface area contributed by atoms with Crippen LogP contribution in [0.4, 0.5) is 0 Å². The van der Waals surface area contributed by atoms with Gasteiger partial charge in [0.1, 0.15) is 29.5 Å². The van der Waals surface area contributed by atoms with E-state index in [0.29, 0.717) is 78.8 Å². The summed E-state index contributed by atoms with van der Waals surface area (Å²) >= 11 is 0. The Morgan fingerprint density at radius 1 is 0.485 bits per heavy atom. The van der Waals surface area contributed by atoms with Crippen molar-refractivity contribution in [2.24, 2.45) is 0 Å². The summed E-state index contributed by atoms with van der Waals surface area (Å²) in [7, 11) is -0.991. The maximum absolute atomic E-state index is 12.4. The van der Waals surface area contributed by atoms with Gasteiger partial charge in [-0.15, -0.1) is 0 Å². The molecule has 5 rings (SSSR count). The van der Waals surface area contributed by atoms with Gasteiger partial charge >= 0.3 is 232 Å². The SMILES string of the molecule is CCCCCCCCCCCCCCCCN1CCOCCN(CCCP(O)(O)(CCC#N)N(C(C)C)C(C)C)CCOCCN(CCCCCCCCCCCCCCCC)Cc2cc(OCCOC(c3ccccc3)(c3ccc(OC)cc3)c3ccc(OC)cc3)cc(n2)C1. The van der Waals surface area contributed by atoms with E-state index >= 15 is 0 Å². The van der Waals surface area contributed by atoms with Crippen molar-refractivity contribution in [3.8, 4) is 23.3 Å². The van der Waals surface area contributed by atoms with Gasteiger partial charge in [0, 0.05) is 12.1 Å². The molecule has 0 saturated carbocycles. The second-order valence-corrected chi connectivity index (χ2v) is 32.5. The Bertz CT molecular complexity index is 2520. The number of pyridine rings is 1. The normalized spacial score (nSPS) is 15.1. The third-order valence-corrected chi connectivity index (χ3v) is 24.1. The van der Waals surface area contributed by atoms with Gasteiger partial charge in [-0.2, -0.15) is 0 Å². The van der Waals surface area contributed by atoms with Crippen LogP contribution in [0.3, 0.4) is 0 Å². The molecule has 548 valence electrons. The monoisotopic (exact) mass is 1370 g/mol. The number of benzene rings is 3. The van der Waals surface area contributed by atoms with Crippen molar-refractivity contribution < 1.29 is 38.2 Å². The minimum atomic E-state index is -4.38. The van der Waals surface area contributed by atoms with Crippen molar-refractivity contribution in [3.63, 3.8) is 0 Å². The molecule has 2 N–H and O–H groups in total. The van der Waals surface area contributed by atoms with E-state index in [0.717, 1.165) is 84.3 Å². The molecular weight excluding hydrogens is 1230 g/mol. The van der Waals surface area contributed by atoms with Crippen LogP contribution in [0.25, 0.3) is 0 Å². The van der Waals surface area contributed by atoms with Crippen molar-refractivity contribution in [2.75, 3.05) is 112 Å². The summed E-state index contributed by atoms with van der Waals surface area (Å²) < 4.78 is 40.5. The van der Waals surface area contributed by atoms with Gasteiger partial charge in [0.15, 0.2) is 0 Å². The molecule has 1 aliphatic rings. The molecule has 3 aromatic carbocycles. The van der Waals surface area contributed by atoms with E-state index in [1.165, 1.54) is 167 Å². The summed E-state index contributed by atoms with van der Waals surface area (Å²) in [5, 5.41) is 9.66. The summed E-state index contributed by atoms with van der Waals surface area (Å²) in [5.41, 5.74) is 3.96. The molecule has 1 aliphatic heterocycles. The first-order valence-corrected chi connectivity index (χ1v) is 41.3. The average molecular weight is 1370 g/mol. The zero-order chi connectivity index (χ0) is 69.5. The number of nitriles is 1. The van der Waals surface area contributed by atoms with Gasteiger partial charge in [-0.25, -0.2) is 0 Å². The van der Waals surface area contributed by atoms with E-state index in [-0.39, 0.29) is 30.8 Å². The second kappa shape index (κ2) is 49.4. The molecule has 15 heteroatoms. The molecule has 97 heavy (non-hydrogen) atoms. The van der Waals surface area contributed by atoms with Gasteiger partial charge in [-0.3, -0.25) is 4.98 Å². The molecule has 4 aromatic rings. The van der Waals surface area contributed by atoms with Crippen molar-refractivity contribution in [3.05, 3.63) is 119 Å². The zero-order valence-electron chi connectivity index (χ0n) is 62.5. The maximum atomic E-state index is 12.4. The van der Waals surface area contributed by atoms with Gasteiger partial charge in [0.25, 0.3) is 0 Å². The number of fused-ring (bicyclic) bond motifs is 2. The molecule has 0 unspecified atom stereocenters. The molecule has 0 saturated heterocycles. The average Bonchev–Trinajstić information content (AvgIpc) is 0.767. The number of methoxy groups -OCH3 is 2. The van der Waals surface area contributed by atoms with E-state index in [1.807, 2.05) is 62.7 Å². The zero-order valence-corrected chi connectivity index (χ0v) is 63.4. The predicted molar refractivity (Wildman–Crippen MR) is 405 cm³/mol. The summed E-state index contributed by atoms with van der Waals surface area (Å²) in [6.45, 7) is 22.4. The fourth-order valence-corrected chi connectivity index (χ4v) is 18.7. The van der Waals surface area contributed by atoms with Crippen LogP contribution in [0, 0.1) is 11.3 Å². The Kier molecular flexibility index (Phi) is 42.5. The molecule has 0 aliphatic carbocycles. The van der Waals surface area contributed by atoms with Crippen molar-refractivity contribution in [1.29, 1.82) is 5.26 Å². The topological polar surface area (TPSA) is 145 Å². The van der Waals surface area contributed by atoms with Crippen molar-refractivity contribution in [2.45, 2.75) is 265 Å². The van der Waals surface area contributed by atoms with Crippen LogP contribution in [0.5, 0.6) is 17.2 Å². The molecule has 14 nitrogen and oxygen atoms in total. The molecule has 0 fully saturated rings. The van der Waals surface area contributed by atoms with Crippen LogP contribution in [-0.4, -0.2) is 158 Å². The molecular formula is C82H137N6O8P. The van der Waals surface area contributed by atoms with Gasteiger partial charge in [0.2, 0.25) is 0 Å². The van der Waals surface area contributed by atoms with Crippen LogP contribution in [0.2, 0.25) is 0 Å². The molecule has 0 radical (unpaired) electrons. The molecule has 1 aromatic heterocycles. The number of nitrogens with zero attached hydrogens (tertiary/aromatic N) is 6. The van der Waals surface area contributed by atoms with Crippen LogP contribution in [0.1, 0.15) is 262 Å². The molecule has 0 spiro atoms. The third kappa shape index (κ3) is 32.1. The summed E-state index contributed by atoms with van der Waals surface area (Å²) in [4.78, 5) is 37.7.